The molecule has 3 aromatic carbocycles. The van der Waals surface area contributed by atoms with Crippen LogP contribution in [0.25, 0.3) is 22.1 Å². The van der Waals surface area contributed by atoms with E-state index in [-0.39, 0.29) is 5.63 Å². The maximum Gasteiger partial charge on any atom is 0.344 e. The molecule has 0 aliphatic carbocycles. The van der Waals surface area contributed by atoms with Crippen molar-refractivity contribution in [1.29, 1.82) is 0 Å². The molecule has 0 radical (unpaired) electrons. The number of nitrogens with zero attached hydrogens (tertiary/aromatic N) is 1. The van der Waals surface area contributed by atoms with Crippen molar-refractivity contribution in [3.05, 3.63) is 100 Å². The lowest BCUT2D eigenvalue weighted by Gasteiger charge is -2.12. The van der Waals surface area contributed by atoms with Gasteiger partial charge in [0.2, 0.25) is 0 Å². The Balaban J connectivity index is 1.66. The van der Waals surface area contributed by atoms with Crippen LogP contribution in [0.2, 0.25) is 0 Å². The third kappa shape index (κ3) is 3.67. The highest BCUT2D eigenvalue weighted by Gasteiger charge is 2.09. The van der Waals surface area contributed by atoms with E-state index in [0.717, 1.165) is 27.8 Å². The highest BCUT2D eigenvalue weighted by Crippen LogP contribution is 2.24. The van der Waals surface area contributed by atoms with E-state index >= 15 is 0 Å². The molecular formula is C25H19NO2. The Hall–Kier alpha value is -3.77. The van der Waals surface area contributed by atoms with Crippen LogP contribution >= 0.6 is 0 Å². The first-order valence-corrected chi connectivity index (χ1v) is 9.03. The highest BCUT2D eigenvalue weighted by atomic mass is 16.4. The lowest BCUT2D eigenvalue weighted by Crippen LogP contribution is -2.08. The van der Waals surface area contributed by atoms with E-state index < -0.39 is 0 Å². The first-order valence-electron chi connectivity index (χ1n) is 9.03. The third-order valence-corrected chi connectivity index (χ3v) is 4.56. The Labute approximate surface area is 163 Å². The van der Waals surface area contributed by atoms with Gasteiger partial charge in [0.1, 0.15) is 5.58 Å². The number of benzene rings is 3. The van der Waals surface area contributed by atoms with Crippen LogP contribution in [-0.2, 0) is 0 Å². The molecule has 3 nitrogen and oxygen atoms in total. The highest BCUT2D eigenvalue weighted by molar-refractivity contribution is 5.84. The normalized spacial score (nSPS) is 10.4. The molecule has 0 spiro atoms. The minimum absolute atomic E-state index is 0.341. The van der Waals surface area contributed by atoms with Crippen molar-refractivity contribution in [1.82, 2.24) is 0 Å². The van der Waals surface area contributed by atoms with Gasteiger partial charge in [-0.1, -0.05) is 42.2 Å². The summed E-state index contributed by atoms with van der Waals surface area (Å²) in [5.74, 6) is 6.28. The number of hydrogen-bond acceptors (Lipinski definition) is 3. The Kier molecular flexibility index (Phi) is 4.70. The molecule has 0 aliphatic rings. The van der Waals surface area contributed by atoms with Gasteiger partial charge in [0.25, 0.3) is 0 Å². The van der Waals surface area contributed by atoms with Gasteiger partial charge in [0.05, 0.1) is 5.56 Å². The second-order valence-corrected chi connectivity index (χ2v) is 6.76. The summed E-state index contributed by atoms with van der Waals surface area (Å²) >= 11 is 0. The summed E-state index contributed by atoms with van der Waals surface area (Å²) in [6.07, 6.45) is 0. The molecule has 1 aromatic heterocycles. The summed E-state index contributed by atoms with van der Waals surface area (Å²) < 4.78 is 5.56. The minimum Gasteiger partial charge on any atom is -0.422 e. The molecule has 3 heteroatoms. The molecule has 0 saturated heterocycles. The van der Waals surface area contributed by atoms with Crippen LogP contribution in [0, 0.1) is 11.8 Å². The number of fused-ring (bicyclic) bond motifs is 1. The van der Waals surface area contributed by atoms with E-state index in [2.05, 4.69) is 11.8 Å². The standard InChI is InChI=1S/C25H19NO2/c1-26(2)22-15-14-21-16-23(25(27)28-24(21)17-22)20-12-10-19(11-13-20)9-8-18-6-4-3-5-7-18/h3-7,10-17H,1-2H3. The number of anilines is 1. The van der Waals surface area contributed by atoms with Gasteiger partial charge in [-0.25, -0.2) is 4.79 Å². The van der Waals surface area contributed by atoms with Crippen molar-refractivity contribution in [2.45, 2.75) is 0 Å². The summed E-state index contributed by atoms with van der Waals surface area (Å²) in [6.45, 7) is 0. The molecule has 0 bridgehead atoms. The van der Waals surface area contributed by atoms with Crippen LogP contribution in [0.3, 0.4) is 0 Å². The maximum atomic E-state index is 12.5. The summed E-state index contributed by atoms with van der Waals surface area (Å²) in [7, 11) is 3.91. The lowest BCUT2D eigenvalue weighted by molar-refractivity contribution is 0.563. The second kappa shape index (κ2) is 7.46. The molecule has 0 aliphatic heterocycles. The van der Waals surface area contributed by atoms with Gasteiger partial charge in [-0.2, -0.15) is 0 Å². The predicted molar refractivity (Wildman–Crippen MR) is 115 cm³/mol. The van der Waals surface area contributed by atoms with Gasteiger partial charge in [0.15, 0.2) is 0 Å². The minimum atomic E-state index is -0.341. The first kappa shape index (κ1) is 17.6. The zero-order chi connectivity index (χ0) is 19.5. The van der Waals surface area contributed by atoms with Crippen molar-refractivity contribution >= 4 is 16.7 Å². The van der Waals surface area contributed by atoms with Crippen molar-refractivity contribution in [2.24, 2.45) is 0 Å². The monoisotopic (exact) mass is 365 g/mol. The molecule has 0 atom stereocenters. The average Bonchev–Trinajstić information content (AvgIpc) is 2.72. The predicted octanol–water partition coefficient (Wildman–Crippen LogP) is 4.93. The molecule has 28 heavy (non-hydrogen) atoms. The third-order valence-electron chi connectivity index (χ3n) is 4.56. The molecule has 0 saturated carbocycles. The Morgan fingerprint density at radius 3 is 2.14 bits per heavy atom. The Morgan fingerprint density at radius 1 is 0.786 bits per heavy atom. The quantitative estimate of drug-likeness (QED) is 0.373. The largest absolute Gasteiger partial charge is 0.422 e. The van der Waals surface area contributed by atoms with Crippen LogP contribution in [0.1, 0.15) is 11.1 Å². The van der Waals surface area contributed by atoms with Crippen LogP contribution in [0.4, 0.5) is 5.69 Å². The fourth-order valence-corrected chi connectivity index (χ4v) is 2.98. The van der Waals surface area contributed by atoms with Crippen LogP contribution in [0.5, 0.6) is 0 Å². The SMILES string of the molecule is CN(C)c1ccc2cc(-c3ccc(C#Cc4ccccc4)cc3)c(=O)oc2c1. The van der Waals surface area contributed by atoms with Gasteiger partial charge >= 0.3 is 5.63 Å². The first-order chi connectivity index (χ1) is 13.6. The van der Waals surface area contributed by atoms with Crippen molar-refractivity contribution in [3.63, 3.8) is 0 Å². The van der Waals surface area contributed by atoms with Crippen molar-refractivity contribution in [3.8, 4) is 23.0 Å². The molecule has 0 N–H and O–H groups in total. The van der Waals surface area contributed by atoms with Gasteiger partial charge in [-0.05, 0) is 48.0 Å². The zero-order valence-electron chi connectivity index (χ0n) is 15.8. The van der Waals surface area contributed by atoms with Gasteiger partial charge in [0, 0.05) is 42.4 Å². The molecular weight excluding hydrogens is 346 g/mol. The Bertz CT molecular complexity index is 1240. The zero-order valence-corrected chi connectivity index (χ0v) is 15.8. The van der Waals surface area contributed by atoms with Crippen LogP contribution in [0.15, 0.2) is 88.1 Å². The fraction of sp³-hybridized carbons (Fsp3) is 0.0800. The molecule has 0 unspecified atom stereocenters. The second-order valence-electron chi connectivity index (χ2n) is 6.76. The van der Waals surface area contributed by atoms with Crippen molar-refractivity contribution in [2.75, 3.05) is 19.0 Å². The summed E-state index contributed by atoms with van der Waals surface area (Å²) in [5.41, 5.74) is 4.47. The smallest absolute Gasteiger partial charge is 0.344 e. The van der Waals surface area contributed by atoms with E-state index in [1.54, 1.807) is 0 Å². The summed E-state index contributed by atoms with van der Waals surface area (Å²) in [6, 6.07) is 25.2. The molecule has 0 amide bonds. The molecule has 1 heterocycles. The summed E-state index contributed by atoms with van der Waals surface area (Å²) in [4.78, 5) is 14.5. The van der Waals surface area contributed by atoms with E-state index in [4.69, 9.17) is 4.42 Å². The van der Waals surface area contributed by atoms with Crippen LogP contribution in [-0.4, -0.2) is 14.1 Å². The average molecular weight is 365 g/mol. The molecule has 4 rings (SSSR count). The van der Waals surface area contributed by atoms with E-state index in [1.807, 2.05) is 97.9 Å². The number of hydrogen-bond donors (Lipinski definition) is 0. The Morgan fingerprint density at radius 2 is 1.46 bits per heavy atom. The maximum absolute atomic E-state index is 12.5. The van der Waals surface area contributed by atoms with E-state index in [1.165, 1.54) is 0 Å². The van der Waals surface area contributed by atoms with Crippen molar-refractivity contribution < 1.29 is 4.42 Å². The van der Waals surface area contributed by atoms with E-state index in [9.17, 15) is 4.79 Å². The van der Waals surface area contributed by atoms with Gasteiger partial charge in [-0.3, -0.25) is 0 Å². The summed E-state index contributed by atoms with van der Waals surface area (Å²) in [5, 5.41) is 0.896. The molecule has 4 aromatic rings. The van der Waals surface area contributed by atoms with Gasteiger partial charge in [-0.15, -0.1) is 0 Å². The molecule has 136 valence electrons. The molecule has 0 fully saturated rings. The van der Waals surface area contributed by atoms with E-state index in [0.29, 0.717) is 11.1 Å². The fourth-order valence-electron chi connectivity index (χ4n) is 2.98. The van der Waals surface area contributed by atoms with Gasteiger partial charge < -0.3 is 9.32 Å². The number of rotatable bonds is 2. The lowest BCUT2D eigenvalue weighted by atomic mass is 10.0. The van der Waals surface area contributed by atoms with Crippen LogP contribution < -0.4 is 10.5 Å². The topological polar surface area (TPSA) is 33.5 Å².